The van der Waals surface area contributed by atoms with E-state index < -0.39 is 18.9 Å². The summed E-state index contributed by atoms with van der Waals surface area (Å²) in [4.78, 5) is 3.59. The van der Waals surface area contributed by atoms with Crippen molar-refractivity contribution < 1.29 is 22.6 Å². The molecule has 0 aliphatic carbocycles. The van der Waals surface area contributed by atoms with Crippen molar-refractivity contribution >= 4 is 0 Å². The summed E-state index contributed by atoms with van der Waals surface area (Å²) in [6.45, 7) is -0.637. The quantitative estimate of drug-likeness (QED) is 0.814. The topological polar surface area (TPSA) is 55.1 Å². The second-order valence-electron chi connectivity index (χ2n) is 3.10. The fourth-order valence-electron chi connectivity index (χ4n) is 1.04. The van der Waals surface area contributed by atoms with Crippen molar-refractivity contribution in [2.45, 2.75) is 12.3 Å². The number of aromatic nitrogens is 1. The number of rotatable bonds is 4. The van der Waals surface area contributed by atoms with Crippen LogP contribution in [0, 0.1) is 11.3 Å². The minimum atomic E-state index is -4.56. The number of hydrogen-bond donors (Lipinski definition) is 0. The highest BCUT2D eigenvalue weighted by Gasteiger charge is 2.42. The molecule has 0 aliphatic heterocycles. The number of nitrogens with zero attached hydrogens (tertiary/aromatic N) is 2. The van der Waals surface area contributed by atoms with Crippen molar-refractivity contribution in [3.8, 4) is 11.9 Å². The Bertz CT molecular complexity index is 415. The number of alkyl halides is 3. The number of halogens is 3. The highest BCUT2D eigenvalue weighted by atomic mass is 19.4. The molecule has 1 heterocycles. The van der Waals surface area contributed by atoms with Gasteiger partial charge in [0.15, 0.2) is 0 Å². The molecule has 4 nitrogen and oxygen atoms in total. The van der Waals surface area contributed by atoms with Crippen LogP contribution in [0.4, 0.5) is 13.2 Å². The third-order valence-corrected chi connectivity index (χ3v) is 1.81. The summed E-state index contributed by atoms with van der Waals surface area (Å²) in [7, 11) is 1.14. The van der Waals surface area contributed by atoms with Crippen molar-refractivity contribution in [1.29, 1.82) is 5.26 Å². The lowest BCUT2D eigenvalue weighted by molar-refractivity contribution is -0.207. The maximum Gasteiger partial charge on any atom is 0.427 e. The molecule has 0 saturated heterocycles. The maximum absolute atomic E-state index is 12.5. The lowest BCUT2D eigenvalue weighted by Gasteiger charge is -2.20. The molecule has 0 aromatic carbocycles. The van der Waals surface area contributed by atoms with Gasteiger partial charge in [-0.15, -0.1) is 0 Å². The molecule has 1 unspecified atom stereocenters. The summed E-state index contributed by atoms with van der Waals surface area (Å²) in [6.07, 6.45) is -5.46. The average molecular weight is 246 g/mol. The van der Waals surface area contributed by atoms with Crippen molar-refractivity contribution in [3.63, 3.8) is 0 Å². The number of pyridine rings is 1. The van der Waals surface area contributed by atoms with Crippen molar-refractivity contribution in [2.24, 2.45) is 0 Å². The molecule has 0 radical (unpaired) electrons. The van der Waals surface area contributed by atoms with Crippen LogP contribution in [0.2, 0.25) is 0 Å². The summed E-state index contributed by atoms with van der Waals surface area (Å²) in [5, 5.41) is 8.58. The SMILES string of the molecule is COCC(Oc1cc(C#N)ccn1)C(F)(F)F. The Morgan fingerprint density at radius 1 is 1.53 bits per heavy atom. The normalized spacial score (nSPS) is 12.9. The molecule has 0 amide bonds. The van der Waals surface area contributed by atoms with Gasteiger partial charge in [-0.05, 0) is 6.07 Å². The molecule has 1 atom stereocenters. The summed E-state index contributed by atoms with van der Waals surface area (Å²) in [5.74, 6) is -0.261. The molecule has 17 heavy (non-hydrogen) atoms. The van der Waals surface area contributed by atoms with Crippen LogP contribution >= 0.6 is 0 Å². The van der Waals surface area contributed by atoms with Crippen molar-refractivity contribution in [3.05, 3.63) is 23.9 Å². The van der Waals surface area contributed by atoms with E-state index in [0.29, 0.717) is 0 Å². The van der Waals surface area contributed by atoms with Gasteiger partial charge in [-0.25, -0.2) is 4.98 Å². The monoisotopic (exact) mass is 246 g/mol. The molecular weight excluding hydrogens is 237 g/mol. The van der Waals surface area contributed by atoms with Crippen LogP contribution in [0.1, 0.15) is 5.56 Å². The van der Waals surface area contributed by atoms with E-state index in [2.05, 4.69) is 14.5 Å². The summed E-state index contributed by atoms with van der Waals surface area (Å²) in [5.41, 5.74) is 0.174. The Morgan fingerprint density at radius 3 is 2.76 bits per heavy atom. The second-order valence-corrected chi connectivity index (χ2v) is 3.10. The first-order chi connectivity index (χ1) is 7.97. The predicted octanol–water partition coefficient (Wildman–Crippen LogP) is 1.91. The Labute approximate surface area is 95.6 Å². The summed E-state index contributed by atoms with van der Waals surface area (Å²) >= 11 is 0. The Kier molecular flexibility index (Phi) is 4.29. The second kappa shape index (κ2) is 5.50. The third kappa shape index (κ3) is 3.92. The molecule has 1 aromatic heterocycles. The van der Waals surface area contributed by atoms with Crippen LogP contribution in [0.3, 0.4) is 0 Å². The summed E-state index contributed by atoms with van der Waals surface area (Å²) in [6, 6.07) is 4.28. The molecule has 0 saturated carbocycles. The van der Waals surface area contributed by atoms with Gasteiger partial charge in [-0.2, -0.15) is 18.4 Å². The first kappa shape index (κ1) is 13.3. The van der Waals surface area contributed by atoms with E-state index in [1.165, 1.54) is 12.3 Å². The van der Waals surface area contributed by atoms with Gasteiger partial charge in [0.2, 0.25) is 12.0 Å². The molecule has 1 aromatic rings. The zero-order valence-corrected chi connectivity index (χ0v) is 8.86. The Hall–Kier alpha value is -1.81. The molecular formula is C10H9F3N2O2. The van der Waals surface area contributed by atoms with Gasteiger partial charge in [0.25, 0.3) is 0 Å². The van der Waals surface area contributed by atoms with E-state index in [1.807, 2.05) is 0 Å². The van der Waals surface area contributed by atoms with Crippen molar-refractivity contribution in [1.82, 2.24) is 4.98 Å². The smallest absolute Gasteiger partial charge is 0.427 e. The van der Waals surface area contributed by atoms with E-state index in [0.717, 1.165) is 13.2 Å². The van der Waals surface area contributed by atoms with Gasteiger partial charge in [0.05, 0.1) is 18.2 Å². The number of nitriles is 1. The van der Waals surface area contributed by atoms with E-state index in [1.54, 1.807) is 6.07 Å². The van der Waals surface area contributed by atoms with Crippen LogP contribution in [0.5, 0.6) is 5.88 Å². The molecule has 7 heteroatoms. The first-order valence-corrected chi connectivity index (χ1v) is 4.56. The zero-order chi connectivity index (χ0) is 12.9. The molecule has 0 N–H and O–H groups in total. The van der Waals surface area contributed by atoms with E-state index in [4.69, 9.17) is 5.26 Å². The number of hydrogen-bond acceptors (Lipinski definition) is 4. The average Bonchev–Trinajstić information content (AvgIpc) is 2.27. The van der Waals surface area contributed by atoms with Crippen LogP contribution < -0.4 is 4.74 Å². The zero-order valence-electron chi connectivity index (χ0n) is 8.86. The minimum absolute atomic E-state index is 0.174. The van der Waals surface area contributed by atoms with E-state index >= 15 is 0 Å². The molecule has 92 valence electrons. The van der Waals surface area contributed by atoms with Crippen LogP contribution in [-0.2, 0) is 4.74 Å². The number of methoxy groups -OCH3 is 1. The largest absolute Gasteiger partial charge is 0.462 e. The summed E-state index contributed by atoms with van der Waals surface area (Å²) < 4.78 is 46.5. The lowest BCUT2D eigenvalue weighted by Crippen LogP contribution is -2.38. The third-order valence-electron chi connectivity index (χ3n) is 1.81. The standard InChI is InChI=1S/C10H9F3N2O2/c1-16-6-8(10(11,12)13)17-9-4-7(5-14)2-3-15-9/h2-4,8H,6H2,1H3. The molecule has 0 spiro atoms. The highest BCUT2D eigenvalue weighted by molar-refractivity contribution is 5.31. The fourth-order valence-corrected chi connectivity index (χ4v) is 1.04. The molecule has 0 aliphatic rings. The van der Waals surface area contributed by atoms with Gasteiger partial charge in [-0.1, -0.05) is 0 Å². The lowest BCUT2D eigenvalue weighted by atomic mass is 10.3. The first-order valence-electron chi connectivity index (χ1n) is 4.56. The highest BCUT2D eigenvalue weighted by Crippen LogP contribution is 2.24. The van der Waals surface area contributed by atoms with Gasteiger partial charge in [0.1, 0.15) is 0 Å². The fraction of sp³-hybridized carbons (Fsp3) is 0.400. The van der Waals surface area contributed by atoms with E-state index in [9.17, 15) is 13.2 Å². The minimum Gasteiger partial charge on any atom is -0.462 e. The predicted molar refractivity (Wildman–Crippen MR) is 51.3 cm³/mol. The van der Waals surface area contributed by atoms with Gasteiger partial charge in [0, 0.05) is 19.4 Å². The van der Waals surface area contributed by atoms with Crippen LogP contribution in [-0.4, -0.2) is 31.0 Å². The van der Waals surface area contributed by atoms with Crippen LogP contribution in [0.15, 0.2) is 18.3 Å². The van der Waals surface area contributed by atoms with Gasteiger partial charge in [-0.3, -0.25) is 0 Å². The van der Waals surface area contributed by atoms with Gasteiger partial charge < -0.3 is 9.47 Å². The Morgan fingerprint density at radius 2 is 2.24 bits per heavy atom. The van der Waals surface area contributed by atoms with Gasteiger partial charge >= 0.3 is 6.18 Å². The molecule has 0 bridgehead atoms. The Balaban J connectivity index is 2.83. The van der Waals surface area contributed by atoms with E-state index in [-0.39, 0.29) is 11.4 Å². The molecule has 1 rings (SSSR count). The van der Waals surface area contributed by atoms with Crippen LogP contribution in [0.25, 0.3) is 0 Å². The maximum atomic E-state index is 12.5. The van der Waals surface area contributed by atoms with Crippen molar-refractivity contribution in [2.75, 3.05) is 13.7 Å². The number of ether oxygens (including phenoxy) is 2. The molecule has 0 fully saturated rings.